The first-order chi connectivity index (χ1) is 7.63. The molecule has 0 bridgehead atoms. The number of methoxy groups -OCH3 is 1. The Morgan fingerprint density at radius 1 is 1.25 bits per heavy atom. The lowest BCUT2D eigenvalue weighted by atomic mass is 10.2. The van der Waals surface area contributed by atoms with Crippen molar-refractivity contribution in [1.82, 2.24) is 14.9 Å². The SMILES string of the molecule is COc1ccc(-c2nnc(N)n2N)cc1N. The Labute approximate surface area is 91.8 Å². The summed E-state index contributed by atoms with van der Waals surface area (Å²) in [7, 11) is 1.55. The van der Waals surface area contributed by atoms with E-state index in [0.717, 1.165) is 5.56 Å². The van der Waals surface area contributed by atoms with Crippen LogP contribution in [0.5, 0.6) is 5.75 Å². The van der Waals surface area contributed by atoms with E-state index in [1.54, 1.807) is 25.3 Å². The number of rotatable bonds is 2. The van der Waals surface area contributed by atoms with Crippen molar-refractivity contribution in [2.75, 3.05) is 24.4 Å². The van der Waals surface area contributed by atoms with Crippen LogP contribution >= 0.6 is 0 Å². The molecule has 0 amide bonds. The summed E-state index contributed by atoms with van der Waals surface area (Å²) < 4.78 is 6.24. The molecule has 0 saturated heterocycles. The summed E-state index contributed by atoms with van der Waals surface area (Å²) in [6.45, 7) is 0. The van der Waals surface area contributed by atoms with Crippen molar-refractivity contribution in [3.05, 3.63) is 18.2 Å². The van der Waals surface area contributed by atoms with Crippen LogP contribution in [0, 0.1) is 0 Å². The Morgan fingerprint density at radius 3 is 2.50 bits per heavy atom. The third-order valence-electron chi connectivity index (χ3n) is 2.21. The van der Waals surface area contributed by atoms with Gasteiger partial charge in [0.2, 0.25) is 5.95 Å². The highest BCUT2D eigenvalue weighted by Crippen LogP contribution is 2.27. The van der Waals surface area contributed by atoms with Gasteiger partial charge in [0.05, 0.1) is 12.8 Å². The average Bonchev–Trinajstić information content (AvgIpc) is 2.60. The van der Waals surface area contributed by atoms with E-state index >= 15 is 0 Å². The zero-order valence-corrected chi connectivity index (χ0v) is 8.71. The van der Waals surface area contributed by atoms with Gasteiger partial charge in [-0.1, -0.05) is 0 Å². The molecule has 7 heteroatoms. The van der Waals surface area contributed by atoms with Crippen molar-refractivity contribution in [3.63, 3.8) is 0 Å². The molecule has 1 heterocycles. The molecule has 2 rings (SSSR count). The number of hydrogen-bond acceptors (Lipinski definition) is 6. The molecule has 0 saturated carbocycles. The van der Waals surface area contributed by atoms with E-state index in [1.807, 2.05) is 0 Å². The first kappa shape index (κ1) is 10.1. The van der Waals surface area contributed by atoms with Gasteiger partial charge in [0.1, 0.15) is 5.75 Å². The van der Waals surface area contributed by atoms with E-state index in [2.05, 4.69) is 10.2 Å². The molecular weight excluding hydrogens is 208 g/mol. The Hall–Kier alpha value is -2.44. The van der Waals surface area contributed by atoms with Crippen LogP contribution in [0.15, 0.2) is 18.2 Å². The highest BCUT2D eigenvalue weighted by atomic mass is 16.5. The third kappa shape index (κ3) is 1.48. The molecule has 84 valence electrons. The standard InChI is InChI=1S/C9H12N6O/c1-16-7-3-2-5(4-6(7)10)8-13-14-9(11)15(8)12/h2-4H,10,12H2,1H3,(H2,11,14). The number of nitrogens with zero attached hydrogens (tertiary/aromatic N) is 3. The molecule has 1 aromatic carbocycles. The van der Waals surface area contributed by atoms with Gasteiger partial charge in [-0.05, 0) is 18.2 Å². The number of hydrogen-bond donors (Lipinski definition) is 3. The average molecular weight is 220 g/mol. The number of ether oxygens (including phenoxy) is 1. The van der Waals surface area contributed by atoms with Crippen molar-refractivity contribution in [1.29, 1.82) is 0 Å². The second-order valence-corrected chi connectivity index (χ2v) is 3.21. The first-order valence-electron chi connectivity index (χ1n) is 4.53. The minimum absolute atomic E-state index is 0.143. The fourth-order valence-electron chi connectivity index (χ4n) is 1.37. The van der Waals surface area contributed by atoms with E-state index in [4.69, 9.17) is 22.0 Å². The van der Waals surface area contributed by atoms with Crippen molar-refractivity contribution >= 4 is 11.6 Å². The van der Waals surface area contributed by atoms with Crippen molar-refractivity contribution in [2.45, 2.75) is 0 Å². The predicted octanol–water partition coefficient (Wildman–Crippen LogP) is -0.168. The monoisotopic (exact) mass is 220 g/mol. The maximum Gasteiger partial charge on any atom is 0.241 e. The normalized spacial score (nSPS) is 10.3. The van der Waals surface area contributed by atoms with Crippen molar-refractivity contribution in [3.8, 4) is 17.1 Å². The summed E-state index contributed by atoms with van der Waals surface area (Å²) in [5.74, 6) is 6.84. The Morgan fingerprint density at radius 2 is 2.00 bits per heavy atom. The zero-order chi connectivity index (χ0) is 11.7. The second kappa shape index (κ2) is 3.61. The molecule has 6 N–H and O–H groups in total. The van der Waals surface area contributed by atoms with E-state index in [0.29, 0.717) is 17.3 Å². The van der Waals surface area contributed by atoms with Crippen molar-refractivity contribution in [2.24, 2.45) is 0 Å². The molecule has 0 aliphatic heterocycles. The van der Waals surface area contributed by atoms with Crippen LogP contribution in [0.3, 0.4) is 0 Å². The predicted molar refractivity (Wildman–Crippen MR) is 61.0 cm³/mol. The number of benzene rings is 1. The third-order valence-corrected chi connectivity index (χ3v) is 2.21. The van der Waals surface area contributed by atoms with Crippen LogP contribution in [-0.4, -0.2) is 22.0 Å². The van der Waals surface area contributed by atoms with Crippen LogP contribution in [0.1, 0.15) is 0 Å². The minimum atomic E-state index is 0.143. The fraction of sp³-hybridized carbons (Fsp3) is 0.111. The van der Waals surface area contributed by atoms with Crippen LogP contribution in [0.25, 0.3) is 11.4 Å². The van der Waals surface area contributed by atoms with Gasteiger partial charge in [-0.2, -0.15) is 0 Å². The van der Waals surface area contributed by atoms with Crippen LogP contribution in [0.2, 0.25) is 0 Å². The highest BCUT2D eigenvalue weighted by molar-refractivity contribution is 5.67. The molecule has 0 spiro atoms. The van der Waals surface area contributed by atoms with Crippen LogP contribution in [-0.2, 0) is 0 Å². The lowest BCUT2D eigenvalue weighted by Crippen LogP contribution is -2.13. The molecule has 16 heavy (non-hydrogen) atoms. The van der Waals surface area contributed by atoms with E-state index in [-0.39, 0.29) is 5.95 Å². The molecule has 1 aromatic heterocycles. The van der Waals surface area contributed by atoms with E-state index < -0.39 is 0 Å². The van der Waals surface area contributed by atoms with Gasteiger partial charge in [-0.3, -0.25) is 0 Å². The zero-order valence-electron chi connectivity index (χ0n) is 8.71. The largest absolute Gasteiger partial charge is 0.495 e. The molecule has 7 nitrogen and oxygen atoms in total. The lowest BCUT2D eigenvalue weighted by molar-refractivity contribution is 0.417. The molecule has 0 atom stereocenters. The molecule has 2 aromatic rings. The Kier molecular flexibility index (Phi) is 2.28. The maximum absolute atomic E-state index is 5.77. The number of nitrogens with two attached hydrogens (primary N) is 3. The second-order valence-electron chi connectivity index (χ2n) is 3.21. The van der Waals surface area contributed by atoms with Gasteiger partial charge in [0, 0.05) is 5.56 Å². The smallest absolute Gasteiger partial charge is 0.241 e. The summed E-state index contributed by atoms with van der Waals surface area (Å²) in [5, 5.41) is 7.51. The highest BCUT2D eigenvalue weighted by Gasteiger charge is 2.10. The molecule has 0 aliphatic carbocycles. The van der Waals surface area contributed by atoms with E-state index in [1.165, 1.54) is 4.68 Å². The molecular formula is C9H12N6O. The Balaban J connectivity index is 2.49. The van der Waals surface area contributed by atoms with Crippen LogP contribution < -0.4 is 22.0 Å². The van der Waals surface area contributed by atoms with Crippen molar-refractivity contribution < 1.29 is 4.74 Å². The van der Waals surface area contributed by atoms with Gasteiger partial charge >= 0.3 is 0 Å². The summed E-state index contributed by atoms with van der Waals surface area (Å²) in [4.78, 5) is 0. The van der Waals surface area contributed by atoms with Gasteiger partial charge in [-0.15, -0.1) is 10.2 Å². The van der Waals surface area contributed by atoms with Gasteiger partial charge in [0.15, 0.2) is 5.82 Å². The van der Waals surface area contributed by atoms with Gasteiger partial charge < -0.3 is 22.0 Å². The molecule has 0 radical (unpaired) electrons. The summed E-state index contributed by atoms with van der Waals surface area (Å²) in [6.07, 6.45) is 0. The maximum atomic E-state index is 5.77. The van der Waals surface area contributed by atoms with Gasteiger partial charge in [-0.25, -0.2) is 4.68 Å². The topological polar surface area (TPSA) is 118 Å². The number of anilines is 2. The minimum Gasteiger partial charge on any atom is -0.495 e. The molecule has 0 fully saturated rings. The number of aromatic nitrogens is 3. The summed E-state index contributed by atoms with van der Waals surface area (Å²) >= 11 is 0. The number of nitrogen functional groups attached to an aromatic ring is 3. The summed E-state index contributed by atoms with van der Waals surface area (Å²) in [5.41, 5.74) is 12.5. The fourth-order valence-corrected chi connectivity index (χ4v) is 1.37. The quantitative estimate of drug-likeness (QED) is 0.477. The first-order valence-corrected chi connectivity index (χ1v) is 4.53. The van der Waals surface area contributed by atoms with Gasteiger partial charge in [0.25, 0.3) is 0 Å². The molecule has 0 unspecified atom stereocenters. The van der Waals surface area contributed by atoms with E-state index in [9.17, 15) is 0 Å². The Bertz CT molecular complexity index is 521. The molecule has 0 aliphatic rings. The summed E-state index contributed by atoms with van der Waals surface area (Å²) in [6, 6.07) is 5.21. The lowest BCUT2D eigenvalue weighted by Gasteiger charge is -2.06. The van der Waals surface area contributed by atoms with Crippen LogP contribution in [0.4, 0.5) is 11.6 Å².